The Morgan fingerprint density at radius 1 is 1.26 bits per heavy atom. The van der Waals surface area contributed by atoms with Gasteiger partial charge in [-0.15, -0.1) is 23.7 Å². The molecular weight excluding hydrogens is 286 g/mol. The van der Waals surface area contributed by atoms with Crippen LogP contribution in [-0.2, 0) is 0 Å². The van der Waals surface area contributed by atoms with E-state index in [0.29, 0.717) is 21.7 Å². The van der Waals surface area contributed by atoms with Crippen molar-refractivity contribution in [1.29, 1.82) is 0 Å². The van der Waals surface area contributed by atoms with Crippen LogP contribution >= 0.6 is 23.7 Å². The number of carboxylic acid groups (broad SMARTS) is 1. The van der Waals surface area contributed by atoms with E-state index in [1.165, 1.54) is 11.3 Å². The van der Waals surface area contributed by atoms with Crippen LogP contribution in [0, 0.1) is 0 Å². The summed E-state index contributed by atoms with van der Waals surface area (Å²) in [4.78, 5) is 23.8. The summed E-state index contributed by atoms with van der Waals surface area (Å²) in [5.41, 5.74) is 1.03. The minimum absolute atomic E-state index is 0. The van der Waals surface area contributed by atoms with Gasteiger partial charge in [-0.2, -0.15) is 0 Å². The van der Waals surface area contributed by atoms with Crippen LogP contribution in [-0.4, -0.2) is 26.0 Å². The lowest BCUT2D eigenvalue weighted by Gasteiger charge is -2.04. The summed E-state index contributed by atoms with van der Waals surface area (Å²) in [6.45, 7) is 0. The van der Waals surface area contributed by atoms with Gasteiger partial charge in [0.15, 0.2) is 5.65 Å². The van der Waals surface area contributed by atoms with Gasteiger partial charge >= 0.3 is 5.97 Å². The molecule has 5 nitrogen and oxygen atoms in total. The highest BCUT2D eigenvalue weighted by Gasteiger charge is 2.16. The smallest absolute Gasteiger partial charge is 0.338 e. The van der Waals surface area contributed by atoms with E-state index >= 15 is 0 Å². The molecule has 3 aromatic rings. The zero-order valence-corrected chi connectivity index (χ0v) is 11.1. The molecule has 0 bridgehead atoms. The first kappa shape index (κ1) is 13.4. The quantitative estimate of drug-likeness (QED) is 0.786. The molecule has 3 rings (SSSR count). The molecule has 0 spiro atoms. The molecule has 1 N–H and O–H groups in total. The molecular formula is C12H8ClN3O2S. The number of aromatic nitrogens is 3. The van der Waals surface area contributed by atoms with Crippen LogP contribution in [0.25, 0.3) is 21.7 Å². The van der Waals surface area contributed by atoms with Crippen molar-refractivity contribution < 1.29 is 9.90 Å². The van der Waals surface area contributed by atoms with Gasteiger partial charge < -0.3 is 5.11 Å². The van der Waals surface area contributed by atoms with E-state index in [1.54, 1.807) is 36.0 Å². The summed E-state index contributed by atoms with van der Waals surface area (Å²) in [7, 11) is 0. The number of halogens is 1. The molecule has 7 heteroatoms. The van der Waals surface area contributed by atoms with E-state index in [2.05, 4.69) is 15.0 Å². The Kier molecular flexibility index (Phi) is 3.73. The zero-order chi connectivity index (χ0) is 12.5. The maximum Gasteiger partial charge on any atom is 0.338 e. The lowest BCUT2D eigenvalue weighted by molar-refractivity contribution is 0.0697. The average molecular weight is 294 g/mol. The number of nitrogens with zero attached hydrogens (tertiary/aromatic N) is 3. The SMILES string of the molecule is Cl.O=C(O)c1cc2cccnc2nc1-c1nccs1. The molecule has 0 aromatic carbocycles. The minimum atomic E-state index is -1.02. The topological polar surface area (TPSA) is 76.0 Å². The molecule has 0 fully saturated rings. The van der Waals surface area contributed by atoms with E-state index in [4.69, 9.17) is 0 Å². The third kappa shape index (κ3) is 2.40. The van der Waals surface area contributed by atoms with Crippen LogP contribution in [0.15, 0.2) is 36.0 Å². The van der Waals surface area contributed by atoms with Crippen molar-refractivity contribution in [3.63, 3.8) is 0 Å². The Morgan fingerprint density at radius 3 is 2.79 bits per heavy atom. The van der Waals surface area contributed by atoms with Gasteiger partial charge in [-0.25, -0.2) is 19.7 Å². The van der Waals surface area contributed by atoms with Crippen LogP contribution in [0.2, 0.25) is 0 Å². The number of hydrogen-bond acceptors (Lipinski definition) is 5. The van der Waals surface area contributed by atoms with Gasteiger partial charge in [0, 0.05) is 23.2 Å². The molecule has 0 radical (unpaired) electrons. The molecule has 0 unspecified atom stereocenters. The summed E-state index contributed by atoms with van der Waals surface area (Å²) in [6.07, 6.45) is 3.25. The maximum atomic E-state index is 11.3. The highest BCUT2D eigenvalue weighted by Crippen LogP contribution is 2.26. The van der Waals surface area contributed by atoms with Gasteiger partial charge in [0.2, 0.25) is 0 Å². The van der Waals surface area contributed by atoms with E-state index in [9.17, 15) is 9.90 Å². The number of thiazole rings is 1. The molecule has 0 aliphatic heterocycles. The second kappa shape index (κ2) is 5.29. The molecule has 19 heavy (non-hydrogen) atoms. The molecule has 96 valence electrons. The van der Waals surface area contributed by atoms with Gasteiger partial charge in [-0.05, 0) is 18.2 Å². The molecule has 0 atom stereocenters. The van der Waals surface area contributed by atoms with Crippen molar-refractivity contribution in [2.45, 2.75) is 0 Å². The minimum Gasteiger partial charge on any atom is -0.478 e. The number of rotatable bonds is 2. The highest BCUT2D eigenvalue weighted by molar-refractivity contribution is 7.13. The first-order valence-electron chi connectivity index (χ1n) is 5.14. The molecule has 0 aliphatic rings. The Bertz CT molecular complexity index is 731. The first-order chi connectivity index (χ1) is 8.75. The lowest BCUT2D eigenvalue weighted by atomic mass is 10.1. The zero-order valence-electron chi connectivity index (χ0n) is 9.48. The summed E-state index contributed by atoms with van der Waals surface area (Å²) in [6, 6.07) is 5.11. The Labute approximate surface area is 118 Å². The number of pyridine rings is 2. The third-order valence-electron chi connectivity index (χ3n) is 2.45. The number of fused-ring (bicyclic) bond motifs is 1. The van der Waals surface area contributed by atoms with E-state index in [-0.39, 0.29) is 18.0 Å². The monoisotopic (exact) mass is 293 g/mol. The number of carbonyl (C=O) groups is 1. The van der Waals surface area contributed by atoms with E-state index < -0.39 is 5.97 Å². The lowest BCUT2D eigenvalue weighted by Crippen LogP contribution is -2.02. The second-order valence-corrected chi connectivity index (χ2v) is 4.47. The average Bonchev–Trinajstić information content (AvgIpc) is 2.91. The van der Waals surface area contributed by atoms with E-state index in [1.807, 2.05) is 0 Å². The van der Waals surface area contributed by atoms with Crippen LogP contribution in [0.5, 0.6) is 0 Å². The number of carboxylic acids is 1. The Hall–Kier alpha value is -2.05. The number of hydrogen-bond donors (Lipinski definition) is 1. The molecule has 0 amide bonds. The van der Waals surface area contributed by atoms with E-state index in [0.717, 1.165) is 0 Å². The maximum absolute atomic E-state index is 11.3. The van der Waals surface area contributed by atoms with Crippen molar-refractivity contribution >= 4 is 40.7 Å². The normalized spacial score (nSPS) is 10.1. The molecule has 3 heterocycles. The number of aromatic carboxylic acids is 1. The van der Waals surface area contributed by atoms with Crippen LogP contribution < -0.4 is 0 Å². The van der Waals surface area contributed by atoms with Gasteiger partial charge in [0.05, 0.1) is 5.56 Å². The Balaban J connectivity index is 0.00000133. The van der Waals surface area contributed by atoms with Crippen molar-refractivity contribution in [1.82, 2.24) is 15.0 Å². The predicted octanol–water partition coefficient (Wildman–Crippen LogP) is 2.87. The van der Waals surface area contributed by atoms with Crippen LogP contribution in [0.3, 0.4) is 0 Å². The fourth-order valence-electron chi connectivity index (χ4n) is 1.67. The largest absolute Gasteiger partial charge is 0.478 e. The van der Waals surface area contributed by atoms with Crippen molar-refractivity contribution in [2.75, 3.05) is 0 Å². The van der Waals surface area contributed by atoms with Crippen LogP contribution in [0.1, 0.15) is 10.4 Å². The molecule has 0 saturated heterocycles. The first-order valence-corrected chi connectivity index (χ1v) is 6.02. The molecule has 0 saturated carbocycles. The van der Waals surface area contributed by atoms with Gasteiger partial charge in [-0.3, -0.25) is 0 Å². The van der Waals surface area contributed by atoms with Crippen LogP contribution in [0.4, 0.5) is 0 Å². The van der Waals surface area contributed by atoms with Gasteiger partial charge in [0.25, 0.3) is 0 Å². The van der Waals surface area contributed by atoms with Crippen molar-refractivity contribution in [3.8, 4) is 10.7 Å². The molecule has 0 aliphatic carbocycles. The predicted molar refractivity (Wildman–Crippen MR) is 74.9 cm³/mol. The standard InChI is InChI=1S/C12H7N3O2S.ClH/c16-12(17)8-6-7-2-1-3-13-10(7)15-9(8)11-14-4-5-18-11;/h1-6H,(H,16,17);1H. The highest BCUT2D eigenvalue weighted by atomic mass is 35.5. The van der Waals surface area contributed by atoms with Gasteiger partial charge in [-0.1, -0.05) is 0 Å². The summed E-state index contributed by atoms with van der Waals surface area (Å²) >= 11 is 1.35. The fraction of sp³-hybridized carbons (Fsp3) is 0. The summed E-state index contributed by atoms with van der Waals surface area (Å²) < 4.78 is 0. The second-order valence-electron chi connectivity index (χ2n) is 3.58. The van der Waals surface area contributed by atoms with Gasteiger partial charge in [0.1, 0.15) is 10.7 Å². The fourth-order valence-corrected chi connectivity index (χ4v) is 2.31. The summed E-state index contributed by atoms with van der Waals surface area (Å²) in [5.74, 6) is -1.02. The van der Waals surface area contributed by atoms with Crippen molar-refractivity contribution in [2.24, 2.45) is 0 Å². The molecule has 3 aromatic heterocycles. The summed E-state index contributed by atoms with van der Waals surface area (Å²) in [5, 5.41) is 12.3. The third-order valence-corrected chi connectivity index (χ3v) is 3.23. The van der Waals surface area contributed by atoms with Crippen molar-refractivity contribution in [3.05, 3.63) is 41.5 Å². The Morgan fingerprint density at radius 2 is 2.11 bits per heavy atom.